The van der Waals surface area contributed by atoms with Gasteiger partial charge in [-0.2, -0.15) is 5.12 Å². The molecular formula is C18H39N3O2. The Morgan fingerprint density at radius 3 is 1.52 bits per heavy atom. The molecule has 0 radical (unpaired) electrons. The van der Waals surface area contributed by atoms with Crippen molar-refractivity contribution in [3.63, 3.8) is 0 Å². The Morgan fingerprint density at radius 1 is 0.739 bits per heavy atom. The van der Waals surface area contributed by atoms with E-state index in [2.05, 4.69) is 24.7 Å². The fourth-order valence-corrected chi connectivity index (χ4v) is 2.54. The molecule has 0 aliphatic heterocycles. The van der Waals surface area contributed by atoms with Gasteiger partial charge in [-0.15, -0.1) is 0 Å². The summed E-state index contributed by atoms with van der Waals surface area (Å²) in [4.78, 5) is 10.9. The molecule has 5 nitrogen and oxygen atoms in total. The molecule has 0 aromatic carbocycles. The molecule has 0 aromatic rings. The van der Waals surface area contributed by atoms with Crippen molar-refractivity contribution in [3.05, 3.63) is 0 Å². The van der Waals surface area contributed by atoms with Crippen molar-refractivity contribution in [1.82, 2.24) is 16.0 Å². The molecule has 0 amide bonds. The van der Waals surface area contributed by atoms with Crippen LogP contribution in [0.1, 0.15) is 90.9 Å². The standard InChI is InChI=1S/C18H39N3O2/c1-3-5-7-9-11-13-15-19-21(17-18(22)23)20-16-14-12-10-8-6-4-2/h19-20H,3-17H2,1-2H3,(H,22,23). The topological polar surface area (TPSA) is 64.6 Å². The van der Waals surface area contributed by atoms with E-state index in [9.17, 15) is 4.79 Å². The van der Waals surface area contributed by atoms with Gasteiger partial charge in [-0.25, -0.2) is 10.9 Å². The fraction of sp³-hybridized carbons (Fsp3) is 0.944. The van der Waals surface area contributed by atoms with E-state index in [4.69, 9.17) is 5.11 Å². The van der Waals surface area contributed by atoms with Gasteiger partial charge in [0, 0.05) is 13.1 Å². The number of hydrogen-bond acceptors (Lipinski definition) is 4. The Balaban J connectivity index is 3.62. The van der Waals surface area contributed by atoms with E-state index in [1.165, 1.54) is 64.2 Å². The van der Waals surface area contributed by atoms with Gasteiger partial charge in [0.1, 0.15) is 6.54 Å². The molecule has 0 spiro atoms. The lowest BCUT2D eigenvalue weighted by molar-refractivity contribution is -0.140. The number of carboxylic acids is 1. The predicted octanol–water partition coefficient (Wildman–Crippen LogP) is 4.10. The van der Waals surface area contributed by atoms with Gasteiger partial charge in [0.2, 0.25) is 0 Å². The van der Waals surface area contributed by atoms with E-state index in [1.807, 2.05) is 0 Å². The first kappa shape index (κ1) is 22.4. The SMILES string of the molecule is CCCCCCCCNN(CC(=O)O)NCCCCCCCC. The number of unbranched alkanes of at least 4 members (excludes halogenated alkanes) is 10. The molecule has 23 heavy (non-hydrogen) atoms. The second-order valence-electron chi connectivity index (χ2n) is 6.33. The zero-order valence-corrected chi connectivity index (χ0v) is 15.4. The normalized spacial score (nSPS) is 11.3. The third-order valence-corrected chi connectivity index (χ3v) is 3.96. The summed E-state index contributed by atoms with van der Waals surface area (Å²) in [6.45, 7) is 6.11. The summed E-state index contributed by atoms with van der Waals surface area (Å²) >= 11 is 0. The molecule has 0 rings (SSSR count). The molecule has 0 atom stereocenters. The van der Waals surface area contributed by atoms with Crippen LogP contribution >= 0.6 is 0 Å². The summed E-state index contributed by atoms with van der Waals surface area (Å²) in [5.74, 6) is -0.809. The molecule has 0 heterocycles. The Morgan fingerprint density at radius 2 is 1.13 bits per heavy atom. The van der Waals surface area contributed by atoms with Crippen LogP contribution in [0.15, 0.2) is 0 Å². The summed E-state index contributed by atoms with van der Waals surface area (Å²) in [5.41, 5.74) is 6.39. The van der Waals surface area contributed by atoms with Crippen molar-refractivity contribution < 1.29 is 9.90 Å². The zero-order valence-electron chi connectivity index (χ0n) is 15.4. The lowest BCUT2D eigenvalue weighted by Crippen LogP contribution is -2.51. The summed E-state index contributed by atoms with van der Waals surface area (Å²) in [7, 11) is 0. The Bertz CT molecular complexity index is 245. The zero-order chi connectivity index (χ0) is 17.2. The van der Waals surface area contributed by atoms with Crippen LogP contribution in [0.2, 0.25) is 0 Å². The van der Waals surface area contributed by atoms with E-state index in [-0.39, 0.29) is 6.54 Å². The van der Waals surface area contributed by atoms with Gasteiger partial charge < -0.3 is 5.11 Å². The number of rotatable bonds is 18. The molecule has 0 aliphatic rings. The van der Waals surface area contributed by atoms with Crippen LogP contribution in [0.3, 0.4) is 0 Å². The third kappa shape index (κ3) is 17.5. The molecule has 0 aliphatic carbocycles. The van der Waals surface area contributed by atoms with Crippen LogP contribution in [0, 0.1) is 0 Å². The summed E-state index contributed by atoms with van der Waals surface area (Å²) in [6.07, 6.45) is 15.0. The molecule has 0 saturated heterocycles. The summed E-state index contributed by atoms with van der Waals surface area (Å²) < 4.78 is 0. The van der Waals surface area contributed by atoms with Crippen molar-refractivity contribution in [3.8, 4) is 0 Å². The largest absolute Gasteiger partial charge is 0.480 e. The van der Waals surface area contributed by atoms with Crippen molar-refractivity contribution in [2.75, 3.05) is 19.6 Å². The smallest absolute Gasteiger partial charge is 0.320 e. The number of aliphatic carboxylic acids is 1. The molecule has 0 unspecified atom stereocenters. The van der Waals surface area contributed by atoms with E-state index >= 15 is 0 Å². The first-order valence-corrected chi connectivity index (χ1v) is 9.67. The van der Waals surface area contributed by atoms with Crippen molar-refractivity contribution in [2.24, 2.45) is 0 Å². The number of carboxylic acid groups (broad SMARTS) is 1. The molecule has 3 N–H and O–H groups in total. The Labute approximate surface area is 143 Å². The maximum Gasteiger partial charge on any atom is 0.320 e. The molecule has 0 saturated carbocycles. The fourth-order valence-electron chi connectivity index (χ4n) is 2.54. The lowest BCUT2D eigenvalue weighted by atomic mass is 10.1. The second-order valence-corrected chi connectivity index (χ2v) is 6.33. The van der Waals surface area contributed by atoms with E-state index in [0.717, 1.165) is 25.9 Å². The maximum absolute atomic E-state index is 10.9. The van der Waals surface area contributed by atoms with E-state index in [0.29, 0.717) is 0 Å². The number of hydrazine groups is 2. The average molecular weight is 330 g/mol. The van der Waals surface area contributed by atoms with Crippen LogP contribution in [0.5, 0.6) is 0 Å². The molecule has 0 aromatic heterocycles. The number of carbonyl (C=O) groups is 1. The van der Waals surface area contributed by atoms with Crippen LogP contribution < -0.4 is 10.9 Å². The Hall–Kier alpha value is -0.650. The highest BCUT2D eigenvalue weighted by Gasteiger charge is 2.07. The van der Waals surface area contributed by atoms with Gasteiger partial charge in [-0.05, 0) is 12.8 Å². The molecule has 0 fully saturated rings. The summed E-state index contributed by atoms with van der Waals surface area (Å²) in [5, 5.41) is 10.6. The lowest BCUT2D eigenvalue weighted by Gasteiger charge is -2.22. The van der Waals surface area contributed by atoms with Gasteiger partial charge >= 0.3 is 5.97 Å². The van der Waals surface area contributed by atoms with Crippen LogP contribution in [0.4, 0.5) is 0 Å². The minimum atomic E-state index is -0.809. The van der Waals surface area contributed by atoms with Gasteiger partial charge in [-0.1, -0.05) is 78.1 Å². The average Bonchev–Trinajstić information content (AvgIpc) is 2.52. The number of nitrogens with one attached hydrogen (secondary N) is 2. The van der Waals surface area contributed by atoms with Gasteiger partial charge in [0.15, 0.2) is 0 Å². The molecular weight excluding hydrogens is 290 g/mol. The maximum atomic E-state index is 10.9. The molecule has 5 heteroatoms. The van der Waals surface area contributed by atoms with Gasteiger partial charge in [-0.3, -0.25) is 4.79 Å². The highest BCUT2D eigenvalue weighted by atomic mass is 16.4. The van der Waals surface area contributed by atoms with Crippen LogP contribution in [-0.4, -0.2) is 35.8 Å². The van der Waals surface area contributed by atoms with Crippen LogP contribution in [-0.2, 0) is 4.79 Å². The third-order valence-electron chi connectivity index (χ3n) is 3.96. The van der Waals surface area contributed by atoms with Crippen molar-refractivity contribution in [1.29, 1.82) is 0 Å². The number of hydrogen-bond donors (Lipinski definition) is 3. The molecule has 0 bridgehead atoms. The quantitative estimate of drug-likeness (QED) is 0.261. The monoisotopic (exact) mass is 329 g/mol. The first-order valence-electron chi connectivity index (χ1n) is 9.67. The van der Waals surface area contributed by atoms with Crippen molar-refractivity contribution >= 4 is 5.97 Å². The Kier molecular flexibility index (Phi) is 17.2. The summed E-state index contributed by atoms with van der Waals surface area (Å²) in [6, 6.07) is 0. The van der Waals surface area contributed by atoms with Crippen molar-refractivity contribution in [2.45, 2.75) is 90.9 Å². The highest BCUT2D eigenvalue weighted by molar-refractivity contribution is 5.68. The first-order chi connectivity index (χ1) is 11.2. The van der Waals surface area contributed by atoms with Crippen LogP contribution in [0.25, 0.3) is 0 Å². The van der Waals surface area contributed by atoms with E-state index < -0.39 is 5.97 Å². The second kappa shape index (κ2) is 17.7. The van der Waals surface area contributed by atoms with Gasteiger partial charge in [0.05, 0.1) is 0 Å². The minimum absolute atomic E-state index is 0.00826. The molecule has 138 valence electrons. The van der Waals surface area contributed by atoms with Gasteiger partial charge in [0.25, 0.3) is 0 Å². The number of nitrogens with zero attached hydrogens (tertiary/aromatic N) is 1. The van der Waals surface area contributed by atoms with E-state index in [1.54, 1.807) is 5.12 Å². The predicted molar refractivity (Wildman–Crippen MR) is 97.1 cm³/mol. The highest BCUT2D eigenvalue weighted by Crippen LogP contribution is 2.05. The minimum Gasteiger partial charge on any atom is -0.480 e.